The van der Waals surface area contributed by atoms with Gasteiger partial charge in [-0.2, -0.15) is 0 Å². The average Bonchev–Trinajstić information content (AvgIpc) is 2.76. The fourth-order valence-electron chi connectivity index (χ4n) is 5.14. The Kier molecular flexibility index (Phi) is 6.70. The van der Waals surface area contributed by atoms with E-state index in [1.165, 1.54) is 37.7 Å². The third kappa shape index (κ3) is 5.10. The van der Waals surface area contributed by atoms with E-state index >= 15 is 0 Å². The van der Waals surface area contributed by atoms with E-state index in [1.54, 1.807) is 0 Å². The summed E-state index contributed by atoms with van der Waals surface area (Å²) in [6.45, 7) is 11.5. The number of hydrogen-bond acceptors (Lipinski definition) is 5. The first kappa shape index (κ1) is 20.6. The molecule has 160 valence electrons. The lowest BCUT2D eigenvalue weighted by Gasteiger charge is -2.43. The Morgan fingerprint density at radius 1 is 1.03 bits per heavy atom. The molecule has 3 fully saturated rings. The first-order chi connectivity index (χ1) is 14.1. The van der Waals surface area contributed by atoms with Crippen molar-refractivity contribution in [2.45, 2.75) is 58.0 Å². The molecule has 2 aliphatic heterocycles. The second-order valence-corrected chi connectivity index (χ2v) is 9.17. The van der Waals surface area contributed by atoms with Gasteiger partial charge in [0.1, 0.15) is 5.82 Å². The van der Waals surface area contributed by atoms with E-state index in [0.29, 0.717) is 18.5 Å². The molecule has 1 amide bonds. The van der Waals surface area contributed by atoms with Crippen molar-refractivity contribution < 1.29 is 4.79 Å². The van der Waals surface area contributed by atoms with Crippen molar-refractivity contribution in [3.63, 3.8) is 0 Å². The summed E-state index contributed by atoms with van der Waals surface area (Å²) in [6, 6.07) is 5.36. The van der Waals surface area contributed by atoms with Gasteiger partial charge < -0.3 is 9.80 Å². The van der Waals surface area contributed by atoms with Gasteiger partial charge >= 0.3 is 0 Å². The number of aryl methyl sites for hydroxylation is 1. The maximum Gasteiger partial charge on any atom is 0.236 e. The van der Waals surface area contributed by atoms with Gasteiger partial charge in [0.15, 0.2) is 0 Å². The van der Waals surface area contributed by atoms with Crippen LogP contribution < -0.4 is 4.90 Å². The van der Waals surface area contributed by atoms with Gasteiger partial charge in [-0.3, -0.25) is 14.6 Å². The highest BCUT2D eigenvalue weighted by molar-refractivity contribution is 5.78. The SMILES string of the molecule is Cc1ccc(N2CCN(CC(=O)N3CCN(C4CCCCC4)CC3)C(C)C2)nc1. The molecule has 0 spiro atoms. The Balaban J connectivity index is 1.23. The number of anilines is 1. The van der Waals surface area contributed by atoms with E-state index in [2.05, 4.69) is 50.6 Å². The van der Waals surface area contributed by atoms with Gasteiger partial charge in [0, 0.05) is 64.1 Å². The summed E-state index contributed by atoms with van der Waals surface area (Å²) < 4.78 is 0. The van der Waals surface area contributed by atoms with E-state index in [1.807, 2.05) is 6.20 Å². The molecule has 1 aliphatic carbocycles. The summed E-state index contributed by atoms with van der Waals surface area (Å²) in [5.74, 6) is 1.36. The maximum atomic E-state index is 12.9. The minimum Gasteiger partial charge on any atom is -0.354 e. The Morgan fingerprint density at radius 2 is 1.79 bits per heavy atom. The number of pyridine rings is 1. The number of piperazine rings is 2. The molecule has 1 aromatic rings. The number of aromatic nitrogens is 1. The third-order valence-electron chi connectivity index (χ3n) is 7.08. The zero-order valence-corrected chi connectivity index (χ0v) is 18.2. The molecule has 0 bridgehead atoms. The topological polar surface area (TPSA) is 42.9 Å². The van der Waals surface area contributed by atoms with Crippen LogP contribution in [0.25, 0.3) is 0 Å². The Labute approximate surface area is 175 Å². The normalized spacial score (nSPS) is 25.4. The zero-order valence-electron chi connectivity index (χ0n) is 18.2. The monoisotopic (exact) mass is 399 g/mol. The lowest BCUT2D eigenvalue weighted by atomic mass is 9.94. The van der Waals surface area contributed by atoms with E-state index in [9.17, 15) is 4.79 Å². The predicted octanol–water partition coefficient (Wildman–Crippen LogP) is 2.38. The maximum absolute atomic E-state index is 12.9. The van der Waals surface area contributed by atoms with Crippen LogP contribution in [0.5, 0.6) is 0 Å². The fraction of sp³-hybridized carbons (Fsp3) is 0.739. The van der Waals surface area contributed by atoms with Crippen LogP contribution in [0.3, 0.4) is 0 Å². The van der Waals surface area contributed by atoms with Crippen molar-refractivity contribution in [2.24, 2.45) is 0 Å². The number of hydrogen-bond donors (Lipinski definition) is 0. The van der Waals surface area contributed by atoms with Crippen LogP contribution in [0.4, 0.5) is 5.82 Å². The molecule has 1 atom stereocenters. The molecular formula is C23H37N5O. The molecule has 6 heteroatoms. The smallest absolute Gasteiger partial charge is 0.236 e. The highest BCUT2D eigenvalue weighted by Gasteiger charge is 2.30. The van der Waals surface area contributed by atoms with Gasteiger partial charge in [0.25, 0.3) is 0 Å². The van der Waals surface area contributed by atoms with E-state index < -0.39 is 0 Å². The minimum absolute atomic E-state index is 0.307. The average molecular weight is 400 g/mol. The van der Waals surface area contributed by atoms with Crippen molar-refractivity contribution in [3.8, 4) is 0 Å². The largest absolute Gasteiger partial charge is 0.354 e. The Bertz CT molecular complexity index is 664. The van der Waals surface area contributed by atoms with Gasteiger partial charge in [-0.25, -0.2) is 4.98 Å². The Morgan fingerprint density at radius 3 is 2.45 bits per heavy atom. The fourth-order valence-corrected chi connectivity index (χ4v) is 5.14. The first-order valence-electron chi connectivity index (χ1n) is 11.5. The highest BCUT2D eigenvalue weighted by atomic mass is 16.2. The number of carbonyl (C=O) groups is 1. The molecule has 1 saturated carbocycles. The van der Waals surface area contributed by atoms with E-state index in [4.69, 9.17) is 0 Å². The van der Waals surface area contributed by atoms with Gasteiger partial charge in [0.2, 0.25) is 5.91 Å². The van der Waals surface area contributed by atoms with Crippen molar-refractivity contribution in [1.29, 1.82) is 0 Å². The standard InChI is InChI=1S/C23H37N5O/c1-19-8-9-22(24-16-19)28-15-14-27(20(2)17-28)18-23(29)26-12-10-25(11-13-26)21-6-4-3-5-7-21/h8-9,16,20-21H,3-7,10-15,17-18H2,1-2H3. The molecule has 1 aromatic heterocycles. The van der Waals surface area contributed by atoms with Crippen molar-refractivity contribution >= 4 is 11.7 Å². The molecule has 1 unspecified atom stereocenters. The van der Waals surface area contributed by atoms with Crippen LogP contribution in [-0.4, -0.2) is 90.0 Å². The number of rotatable bonds is 4. The molecular weight excluding hydrogens is 362 g/mol. The van der Waals surface area contributed by atoms with Crippen LogP contribution >= 0.6 is 0 Å². The van der Waals surface area contributed by atoms with Crippen molar-refractivity contribution in [3.05, 3.63) is 23.9 Å². The van der Waals surface area contributed by atoms with E-state index in [0.717, 1.165) is 57.7 Å². The summed E-state index contributed by atoms with van der Waals surface area (Å²) in [5.41, 5.74) is 1.19. The van der Waals surface area contributed by atoms with Crippen LogP contribution in [0.1, 0.15) is 44.6 Å². The number of amides is 1. The van der Waals surface area contributed by atoms with Gasteiger partial charge in [-0.1, -0.05) is 25.3 Å². The summed E-state index contributed by atoms with van der Waals surface area (Å²) in [4.78, 5) is 26.9. The minimum atomic E-state index is 0.307. The van der Waals surface area contributed by atoms with Crippen LogP contribution in [0, 0.1) is 6.92 Å². The van der Waals surface area contributed by atoms with E-state index in [-0.39, 0.29) is 0 Å². The molecule has 0 N–H and O–H groups in total. The second-order valence-electron chi connectivity index (χ2n) is 9.17. The Hall–Kier alpha value is -1.66. The molecule has 0 radical (unpaired) electrons. The van der Waals surface area contributed by atoms with Gasteiger partial charge in [-0.05, 0) is 38.3 Å². The zero-order chi connectivity index (χ0) is 20.2. The summed E-state index contributed by atoms with van der Waals surface area (Å²) >= 11 is 0. The van der Waals surface area contributed by atoms with Crippen molar-refractivity contribution in [2.75, 3.05) is 57.3 Å². The molecule has 3 aliphatic rings. The summed E-state index contributed by atoms with van der Waals surface area (Å²) in [5, 5.41) is 0. The third-order valence-corrected chi connectivity index (χ3v) is 7.08. The molecule has 2 saturated heterocycles. The van der Waals surface area contributed by atoms with Crippen LogP contribution in [-0.2, 0) is 4.79 Å². The molecule has 6 nitrogen and oxygen atoms in total. The lowest BCUT2D eigenvalue weighted by Crippen LogP contribution is -2.57. The predicted molar refractivity (Wildman–Crippen MR) is 117 cm³/mol. The second kappa shape index (κ2) is 9.43. The van der Waals surface area contributed by atoms with Crippen molar-refractivity contribution in [1.82, 2.24) is 19.7 Å². The highest BCUT2D eigenvalue weighted by Crippen LogP contribution is 2.23. The summed E-state index contributed by atoms with van der Waals surface area (Å²) in [6.07, 6.45) is 8.80. The lowest BCUT2D eigenvalue weighted by molar-refractivity contribution is -0.135. The van der Waals surface area contributed by atoms with Crippen LogP contribution in [0.15, 0.2) is 18.3 Å². The molecule has 4 rings (SSSR count). The molecule has 0 aromatic carbocycles. The van der Waals surface area contributed by atoms with Gasteiger partial charge in [-0.15, -0.1) is 0 Å². The first-order valence-corrected chi connectivity index (χ1v) is 11.5. The van der Waals surface area contributed by atoms with Crippen LogP contribution in [0.2, 0.25) is 0 Å². The number of carbonyl (C=O) groups excluding carboxylic acids is 1. The molecule has 29 heavy (non-hydrogen) atoms. The van der Waals surface area contributed by atoms with Gasteiger partial charge in [0.05, 0.1) is 6.54 Å². The number of nitrogens with zero attached hydrogens (tertiary/aromatic N) is 5. The quantitative estimate of drug-likeness (QED) is 0.778. The summed E-state index contributed by atoms with van der Waals surface area (Å²) in [7, 11) is 0. The molecule has 3 heterocycles.